The molecule has 3 atom stereocenters. The van der Waals surface area contributed by atoms with Crippen molar-refractivity contribution < 1.29 is 14.3 Å². The third kappa shape index (κ3) is 3.16. The van der Waals surface area contributed by atoms with Gasteiger partial charge in [0, 0.05) is 24.7 Å². The summed E-state index contributed by atoms with van der Waals surface area (Å²) in [5.41, 5.74) is 1.94. The quantitative estimate of drug-likeness (QED) is 0.904. The molecule has 5 heteroatoms. The second-order valence-electron chi connectivity index (χ2n) is 7.72. The Bertz CT molecular complexity index is 825. The third-order valence-corrected chi connectivity index (χ3v) is 6.07. The fourth-order valence-corrected chi connectivity index (χ4v) is 4.82. The van der Waals surface area contributed by atoms with Gasteiger partial charge in [0.2, 0.25) is 6.79 Å². The molecule has 1 N–H and O–H groups in total. The first kappa shape index (κ1) is 16.6. The molecule has 3 aliphatic heterocycles. The van der Waals surface area contributed by atoms with Crippen molar-refractivity contribution in [2.24, 2.45) is 0 Å². The normalized spacial score (nSPS) is 26.1. The molecular weight excluding hydrogens is 340 g/mol. The molecule has 0 aliphatic carbocycles. The summed E-state index contributed by atoms with van der Waals surface area (Å²) in [7, 11) is 0. The Morgan fingerprint density at radius 3 is 2.56 bits per heavy atom. The molecule has 0 radical (unpaired) electrons. The van der Waals surface area contributed by atoms with Crippen LogP contribution in [-0.2, 0) is 6.54 Å². The zero-order valence-electron chi connectivity index (χ0n) is 15.3. The first-order chi connectivity index (χ1) is 13.3. The number of nitrogens with zero attached hydrogens (tertiary/aromatic N) is 1. The second kappa shape index (κ2) is 6.89. The molecule has 3 heterocycles. The van der Waals surface area contributed by atoms with Crippen LogP contribution in [0.4, 0.5) is 0 Å². The molecule has 2 fully saturated rings. The fourth-order valence-electron chi connectivity index (χ4n) is 4.82. The SMILES string of the molecule is O=C(NC1C[C@H]2CC[C@@H](C1)N2Cc1ccccc1)c1cccc2c1OCO2. The van der Waals surface area contributed by atoms with Gasteiger partial charge < -0.3 is 14.8 Å². The maximum atomic E-state index is 12.8. The first-order valence-electron chi connectivity index (χ1n) is 9.77. The van der Waals surface area contributed by atoms with Crippen molar-refractivity contribution in [3.63, 3.8) is 0 Å². The molecule has 1 amide bonds. The summed E-state index contributed by atoms with van der Waals surface area (Å²) in [5.74, 6) is 1.16. The Hall–Kier alpha value is -2.53. The van der Waals surface area contributed by atoms with Crippen LogP contribution >= 0.6 is 0 Å². The van der Waals surface area contributed by atoms with Gasteiger partial charge in [0.25, 0.3) is 5.91 Å². The number of carbonyl (C=O) groups is 1. The Labute approximate surface area is 159 Å². The minimum Gasteiger partial charge on any atom is -0.454 e. The van der Waals surface area contributed by atoms with Crippen molar-refractivity contribution in [3.8, 4) is 11.5 Å². The average Bonchev–Trinajstić information content (AvgIpc) is 3.25. The van der Waals surface area contributed by atoms with Crippen molar-refractivity contribution in [1.29, 1.82) is 0 Å². The summed E-state index contributed by atoms with van der Waals surface area (Å²) in [5, 5.41) is 3.25. The molecule has 2 aromatic carbocycles. The van der Waals surface area contributed by atoms with Gasteiger partial charge in [0.15, 0.2) is 11.5 Å². The summed E-state index contributed by atoms with van der Waals surface area (Å²) in [6.45, 7) is 1.19. The summed E-state index contributed by atoms with van der Waals surface area (Å²) in [6, 6.07) is 17.5. The largest absolute Gasteiger partial charge is 0.454 e. The van der Waals surface area contributed by atoms with E-state index in [4.69, 9.17) is 9.47 Å². The van der Waals surface area contributed by atoms with Crippen LogP contribution in [0.2, 0.25) is 0 Å². The van der Waals surface area contributed by atoms with E-state index in [1.807, 2.05) is 18.2 Å². The Kier molecular flexibility index (Phi) is 4.24. The molecule has 5 rings (SSSR count). The molecule has 0 aromatic heterocycles. The molecular formula is C22H24N2O3. The van der Waals surface area contributed by atoms with Gasteiger partial charge in [-0.1, -0.05) is 36.4 Å². The lowest BCUT2D eigenvalue weighted by molar-refractivity contribution is 0.0824. The van der Waals surface area contributed by atoms with Gasteiger partial charge in [-0.15, -0.1) is 0 Å². The van der Waals surface area contributed by atoms with Crippen LogP contribution in [0.3, 0.4) is 0 Å². The van der Waals surface area contributed by atoms with E-state index in [0.29, 0.717) is 29.1 Å². The molecule has 0 saturated carbocycles. The minimum absolute atomic E-state index is 0.0572. The third-order valence-electron chi connectivity index (χ3n) is 6.07. The Balaban J connectivity index is 1.25. The minimum atomic E-state index is -0.0572. The van der Waals surface area contributed by atoms with Crippen molar-refractivity contribution in [3.05, 3.63) is 59.7 Å². The van der Waals surface area contributed by atoms with Gasteiger partial charge in [-0.3, -0.25) is 9.69 Å². The number of piperidine rings is 1. The highest BCUT2D eigenvalue weighted by Gasteiger charge is 2.41. The molecule has 2 saturated heterocycles. The number of ether oxygens (including phenoxy) is 2. The standard InChI is InChI=1S/C22H24N2O3/c25-22(19-7-4-8-20-21(19)27-14-26-20)23-16-11-17-9-10-18(12-16)24(17)13-15-5-2-1-3-6-15/h1-8,16-18H,9-14H2,(H,23,25)/t16?,17-,18+. The van der Waals surface area contributed by atoms with E-state index in [1.165, 1.54) is 18.4 Å². The molecule has 27 heavy (non-hydrogen) atoms. The van der Waals surface area contributed by atoms with E-state index in [9.17, 15) is 4.79 Å². The van der Waals surface area contributed by atoms with E-state index in [2.05, 4.69) is 40.5 Å². The van der Waals surface area contributed by atoms with Crippen LogP contribution in [0.1, 0.15) is 41.6 Å². The van der Waals surface area contributed by atoms with E-state index >= 15 is 0 Å². The number of carbonyl (C=O) groups excluding carboxylic acids is 1. The molecule has 0 spiro atoms. The number of amides is 1. The van der Waals surface area contributed by atoms with E-state index in [-0.39, 0.29) is 18.7 Å². The number of hydrogen-bond acceptors (Lipinski definition) is 4. The van der Waals surface area contributed by atoms with E-state index in [1.54, 1.807) is 0 Å². The lowest BCUT2D eigenvalue weighted by atomic mass is 9.96. The van der Waals surface area contributed by atoms with Crippen LogP contribution in [-0.4, -0.2) is 35.7 Å². The zero-order chi connectivity index (χ0) is 18.2. The summed E-state index contributed by atoms with van der Waals surface area (Å²) >= 11 is 0. The number of hydrogen-bond donors (Lipinski definition) is 1. The van der Waals surface area contributed by atoms with Gasteiger partial charge in [-0.05, 0) is 43.4 Å². The highest BCUT2D eigenvalue weighted by atomic mass is 16.7. The van der Waals surface area contributed by atoms with Crippen molar-refractivity contribution in [2.45, 2.75) is 50.4 Å². The van der Waals surface area contributed by atoms with Gasteiger partial charge in [0.1, 0.15) is 0 Å². The van der Waals surface area contributed by atoms with Crippen LogP contribution in [0.25, 0.3) is 0 Å². The number of nitrogens with one attached hydrogen (secondary N) is 1. The molecule has 1 unspecified atom stereocenters. The molecule has 140 valence electrons. The number of para-hydroxylation sites is 1. The summed E-state index contributed by atoms with van der Waals surface area (Å²) in [4.78, 5) is 15.5. The van der Waals surface area contributed by atoms with Crippen molar-refractivity contribution >= 4 is 5.91 Å². The average molecular weight is 364 g/mol. The molecule has 5 nitrogen and oxygen atoms in total. The van der Waals surface area contributed by atoms with Crippen LogP contribution in [0, 0.1) is 0 Å². The Morgan fingerprint density at radius 1 is 1.00 bits per heavy atom. The van der Waals surface area contributed by atoms with E-state index < -0.39 is 0 Å². The van der Waals surface area contributed by atoms with Crippen LogP contribution in [0.15, 0.2) is 48.5 Å². The number of benzene rings is 2. The predicted molar refractivity (Wildman–Crippen MR) is 102 cm³/mol. The Morgan fingerprint density at radius 2 is 1.78 bits per heavy atom. The predicted octanol–water partition coefficient (Wildman–Crippen LogP) is 3.34. The van der Waals surface area contributed by atoms with Gasteiger partial charge in [-0.25, -0.2) is 0 Å². The lowest BCUT2D eigenvalue weighted by Crippen LogP contribution is -2.50. The van der Waals surface area contributed by atoms with Crippen LogP contribution in [0.5, 0.6) is 11.5 Å². The van der Waals surface area contributed by atoms with Crippen molar-refractivity contribution in [2.75, 3.05) is 6.79 Å². The van der Waals surface area contributed by atoms with Crippen LogP contribution < -0.4 is 14.8 Å². The maximum Gasteiger partial charge on any atom is 0.255 e. The van der Waals surface area contributed by atoms with E-state index in [0.717, 1.165) is 19.4 Å². The monoisotopic (exact) mass is 364 g/mol. The fraction of sp³-hybridized carbons (Fsp3) is 0.409. The first-order valence-corrected chi connectivity index (χ1v) is 9.77. The van der Waals surface area contributed by atoms with Gasteiger partial charge in [0.05, 0.1) is 5.56 Å². The summed E-state index contributed by atoms with van der Waals surface area (Å²) in [6.07, 6.45) is 4.48. The highest BCUT2D eigenvalue weighted by Crippen LogP contribution is 2.38. The van der Waals surface area contributed by atoms with Crippen molar-refractivity contribution in [1.82, 2.24) is 10.2 Å². The lowest BCUT2D eigenvalue weighted by Gasteiger charge is -2.39. The molecule has 3 aliphatic rings. The second-order valence-corrected chi connectivity index (χ2v) is 7.72. The smallest absolute Gasteiger partial charge is 0.255 e. The highest BCUT2D eigenvalue weighted by molar-refractivity contribution is 5.98. The topological polar surface area (TPSA) is 50.8 Å². The number of rotatable bonds is 4. The molecule has 2 aromatic rings. The maximum absolute atomic E-state index is 12.8. The zero-order valence-corrected chi connectivity index (χ0v) is 15.3. The number of fused-ring (bicyclic) bond motifs is 3. The van der Waals surface area contributed by atoms with Gasteiger partial charge in [-0.2, -0.15) is 0 Å². The van der Waals surface area contributed by atoms with Gasteiger partial charge >= 0.3 is 0 Å². The molecule has 2 bridgehead atoms. The summed E-state index contributed by atoms with van der Waals surface area (Å²) < 4.78 is 10.9.